The van der Waals surface area contributed by atoms with Crippen LogP contribution in [0, 0.1) is 13.8 Å². The molecule has 10 nitrogen and oxygen atoms in total. The van der Waals surface area contributed by atoms with Gasteiger partial charge in [-0.05, 0) is 62.2 Å². The molecule has 192 valence electrons. The van der Waals surface area contributed by atoms with Crippen molar-refractivity contribution in [1.29, 1.82) is 0 Å². The molecule has 1 amide bonds. The van der Waals surface area contributed by atoms with Crippen LogP contribution in [0.5, 0.6) is 11.5 Å². The van der Waals surface area contributed by atoms with E-state index in [9.17, 15) is 4.79 Å². The monoisotopic (exact) mass is 494 g/mol. The highest BCUT2D eigenvalue weighted by Crippen LogP contribution is 2.28. The number of pyridine rings is 1. The van der Waals surface area contributed by atoms with E-state index in [2.05, 4.69) is 25.9 Å². The molecule has 0 spiro atoms. The predicted octanol–water partition coefficient (Wildman–Crippen LogP) is 1.96. The van der Waals surface area contributed by atoms with Gasteiger partial charge in [-0.2, -0.15) is 0 Å². The maximum Gasteiger partial charge on any atom is 0.247 e. The van der Waals surface area contributed by atoms with E-state index < -0.39 is 0 Å². The maximum absolute atomic E-state index is 12.7. The molecular formula is C26H34N6O4. The van der Waals surface area contributed by atoms with Crippen LogP contribution in [0.4, 0.5) is 5.69 Å². The third-order valence-electron chi connectivity index (χ3n) is 5.39. The van der Waals surface area contributed by atoms with Crippen LogP contribution in [-0.2, 0) is 9.53 Å². The molecule has 0 saturated carbocycles. The summed E-state index contributed by atoms with van der Waals surface area (Å²) in [5.74, 6) is 2.11. The first-order valence-electron chi connectivity index (χ1n) is 11.8. The zero-order chi connectivity index (χ0) is 25.9. The fraction of sp³-hybridized carbons (Fsp3) is 0.346. The number of aryl methyl sites for hydroxylation is 2. The Hall–Kier alpha value is -3.89. The topological polar surface area (TPSA) is 143 Å². The number of aromatic nitrogens is 1. The van der Waals surface area contributed by atoms with Gasteiger partial charge in [0.25, 0.3) is 0 Å². The maximum atomic E-state index is 12.7. The average Bonchev–Trinajstić information content (AvgIpc) is 3.09. The number of aliphatic hydroxyl groups is 1. The largest absolute Gasteiger partial charge is 0.455 e. The first kappa shape index (κ1) is 26.7. The number of ether oxygens (including phenoxy) is 2. The van der Waals surface area contributed by atoms with E-state index in [4.69, 9.17) is 20.3 Å². The molecule has 1 aliphatic heterocycles. The third kappa shape index (κ3) is 7.56. The van der Waals surface area contributed by atoms with Crippen LogP contribution >= 0.6 is 0 Å². The van der Waals surface area contributed by atoms with Gasteiger partial charge in [-0.15, -0.1) is 0 Å². The van der Waals surface area contributed by atoms with E-state index in [1.165, 1.54) is 0 Å². The highest BCUT2D eigenvalue weighted by atomic mass is 16.5. The van der Waals surface area contributed by atoms with Gasteiger partial charge in [0.1, 0.15) is 23.2 Å². The van der Waals surface area contributed by atoms with Gasteiger partial charge in [0.2, 0.25) is 5.91 Å². The van der Waals surface area contributed by atoms with Crippen LogP contribution in [0.15, 0.2) is 64.6 Å². The van der Waals surface area contributed by atoms with Crippen molar-refractivity contribution in [3.05, 3.63) is 70.8 Å². The average molecular weight is 495 g/mol. The van der Waals surface area contributed by atoms with Crippen molar-refractivity contribution in [3.8, 4) is 11.5 Å². The van der Waals surface area contributed by atoms with E-state index in [0.29, 0.717) is 60.3 Å². The molecule has 36 heavy (non-hydrogen) atoms. The van der Waals surface area contributed by atoms with Gasteiger partial charge in [0.05, 0.1) is 37.3 Å². The fourth-order valence-corrected chi connectivity index (χ4v) is 3.52. The summed E-state index contributed by atoms with van der Waals surface area (Å²) in [6.07, 6.45) is 3.96. The van der Waals surface area contributed by atoms with Gasteiger partial charge in [0, 0.05) is 31.4 Å². The zero-order valence-electron chi connectivity index (χ0n) is 20.9. The number of aliphatic imine (C=N–C) groups is 1. The van der Waals surface area contributed by atoms with Crippen molar-refractivity contribution in [2.24, 2.45) is 10.7 Å². The molecule has 0 saturated heterocycles. The summed E-state index contributed by atoms with van der Waals surface area (Å²) < 4.78 is 11.1. The standard InChI is InChI=1S/C26H34N6O4/c1-17-14-20(5-7-23(17)36-21-6-4-18(2)31-16-21)32-24(27)22-15-19(8-9-29-25(22)28-3)26(34)30-10-12-35-13-11-33/h4-7,14-16,28-29,33H,8-13H2,1-3H3,(H2,27,32)(H,30,34). The Labute approximate surface area is 211 Å². The minimum atomic E-state index is -0.199. The van der Waals surface area contributed by atoms with Crippen molar-refractivity contribution >= 4 is 17.4 Å². The summed E-state index contributed by atoms with van der Waals surface area (Å²) in [6, 6.07) is 9.32. The number of nitrogens with two attached hydrogens (primary N) is 1. The van der Waals surface area contributed by atoms with E-state index in [1.807, 2.05) is 44.2 Å². The summed E-state index contributed by atoms with van der Waals surface area (Å²) in [5.41, 5.74) is 10.1. The molecule has 1 aliphatic rings. The number of carbonyl (C=O) groups excluding carboxylic acids is 1. The molecule has 0 unspecified atom stereocenters. The van der Waals surface area contributed by atoms with Gasteiger partial charge in [-0.3, -0.25) is 9.78 Å². The normalized spacial score (nSPS) is 14.0. The number of hydrogen-bond acceptors (Lipinski definition) is 8. The van der Waals surface area contributed by atoms with Crippen LogP contribution < -0.4 is 26.4 Å². The number of amides is 1. The van der Waals surface area contributed by atoms with Gasteiger partial charge in [-0.25, -0.2) is 4.99 Å². The van der Waals surface area contributed by atoms with E-state index in [-0.39, 0.29) is 25.0 Å². The Kier molecular flexibility index (Phi) is 9.84. The smallest absolute Gasteiger partial charge is 0.247 e. The second-order valence-corrected chi connectivity index (χ2v) is 8.16. The van der Waals surface area contributed by atoms with Crippen molar-refractivity contribution in [2.45, 2.75) is 20.3 Å². The zero-order valence-corrected chi connectivity index (χ0v) is 20.9. The van der Waals surface area contributed by atoms with E-state index in [1.54, 1.807) is 19.3 Å². The lowest BCUT2D eigenvalue weighted by Gasteiger charge is -2.12. The van der Waals surface area contributed by atoms with Gasteiger partial charge in [0.15, 0.2) is 0 Å². The molecule has 0 bridgehead atoms. The molecule has 0 aliphatic carbocycles. The van der Waals surface area contributed by atoms with Crippen LogP contribution in [0.25, 0.3) is 0 Å². The van der Waals surface area contributed by atoms with E-state index in [0.717, 1.165) is 11.3 Å². The molecule has 1 aromatic heterocycles. The van der Waals surface area contributed by atoms with Gasteiger partial charge in [-0.1, -0.05) is 0 Å². The fourth-order valence-electron chi connectivity index (χ4n) is 3.52. The number of nitrogens with zero attached hydrogens (tertiary/aromatic N) is 2. The lowest BCUT2D eigenvalue weighted by Crippen LogP contribution is -2.30. The second kappa shape index (κ2) is 13.3. The van der Waals surface area contributed by atoms with E-state index >= 15 is 0 Å². The Morgan fingerprint density at radius 2 is 2.08 bits per heavy atom. The van der Waals surface area contributed by atoms with Crippen LogP contribution in [0.1, 0.15) is 17.7 Å². The van der Waals surface area contributed by atoms with Crippen molar-refractivity contribution in [3.63, 3.8) is 0 Å². The number of hydrogen-bond donors (Lipinski definition) is 5. The Morgan fingerprint density at radius 1 is 1.25 bits per heavy atom. The molecule has 2 aromatic rings. The quantitative estimate of drug-likeness (QED) is 0.181. The minimum absolute atomic E-state index is 0.0518. The Bertz CT molecular complexity index is 1140. The van der Waals surface area contributed by atoms with Crippen LogP contribution in [0.2, 0.25) is 0 Å². The molecule has 10 heteroatoms. The molecule has 0 radical (unpaired) electrons. The number of nitrogens with one attached hydrogen (secondary N) is 3. The first-order valence-corrected chi connectivity index (χ1v) is 11.8. The molecule has 0 atom stereocenters. The molecule has 3 rings (SSSR count). The molecule has 0 fully saturated rings. The third-order valence-corrected chi connectivity index (χ3v) is 5.39. The number of rotatable bonds is 11. The predicted molar refractivity (Wildman–Crippen MR) is 139 cm³/mol. The Morgan fingerprint density at radius 3 is 2.78 bits per heavy atom. The second-order valence-electron chi connectivity index (χ2n) is 8.16. The molecular weight excluding hydrogens is 460 g/mol. The molecule has 2 heterocycles. The number of amidine groups is 1. The molecule has 6 N–H and O–H groups in total. The summed E-state index contributed by atoms with van der Waals surface area (Å²) in [4.78, 5) is 21.6. The van der Waals surface area contributed by atoms with Crippen LogP contribution in [0.3, 0.4) is 0 Å². The highest BCUT2D eigenvalue weighted by Gasteiger charge is 2.18. The van der Waals surface area contributed by atoms with Crippen molar-refractivity contribution < 1.29 is 19.4 Å². The number of aliphatic hydroxyl groups excluding tert-OH is 1. The summed E-state index contributed by atoms with van der Waals surface area (Å²) in [6.45, 7) is 5.28. The summed E-state index contributed by atoms with van der Waals surface area (Å²) in [7, 11) is 1.78. The lowest BCUT2D eigenvalue weighted by molar-refractivity contribution is -0.117. The van der Waals surface area contributed by atoms with Gasteiger partial charge >= 0.3 is 0 Å². The number of carbonyl (C=O) groups is 1. The van der Waals surface area contributed by atoms with Crippen LogP contribution in [-0.4, -0.2) is 61.8 Å². The number of benzene rings is 1. The van der Waals surface area contributed by atoms with Crippen molar-refractivity contribution in [2.75, 3.05) is 40.0 Å². The Balaban J connectivity index is 1.77. The minimum Gasteiger partial charge on any atom is -0.455 e. The van der Waals surface area contributed by atoms with Gasteiger partial charge < -0.3 is 36.3 Å². The molecule has 1 aromatic carbocycles. The summed E-state index contributed by atoms with van der Waals surface area (Å²) >= 11 is 0. The lowest BCUT2D eigenvalue weighted by atomic mass is 10.1. The summed E-state index contributed by atoms with van der Waals surface area (Å²) in [5, 5.41) is 18.0. The highest BCUT2D eigenvalue weighted by molar-refractivity contribution is 6.04. The first-order chi connectivity index (χ1) is 17.4. The van der Waals surface area contributed by atoms with Crippen molar-refractivity contribution in [1.82, 2.24) is 20.9 Å². The SMILES string of the molecule is CNC1=C(C(N)=Nc2ccc(Oc3ccc(C)nc3)c(C)c2)C=C(C(=O)NCCOCCO)CCN1.